The number of hydrogen-bond acceptors (Lipinski definition) is 4. The van der Waals surface area contributed by atoms with Gasteiger partial charge >= 0.3 is 0 Å². The molecule has 18 heavy (non-hydrogen) atoms. The fourth-order valence-corrected chi connectivity index (χ4v) is 2.86. The van der Waals surface area contributed by atoms with E-state index in [9.17, 15) is 9.59 Å². The zero-order chi connectivity index (χ0) is 13.3. The maximum atomic E-state index is 12.3. The average Bonchev–Trinajstić information content (AvgIpc) is 2.70. The SMILES string of the molecule is Cc1nc(C(C)C)sc1C(=O)N1CCNC(=O)C1. The van der Waals surface area contributed by atoms with E-state index in [-0.39, 0.29) is 18.4 Å². The van der Waals surface area contributed by atoms with E-state index in [0.29, 0.717) is 23.9 Å². The first-order chi connectivity index (χ1) is 8.49. The Morgan fingerprint density at radius 3 is 2.78 bits per heavy atom. The Morgan fingerprint density at radius 1 is 1.50 bits per heavy atom. The molecule has 0 radical (unpaired) electrons. The Balaban J connectivity index is 2.20. The standard InChI is InChI=1S/C12H17N3O2S/c1-7(2)11-14-8(3)10(18-11)12(17)15-5-4-13-9(16)6-15/h7H,4-6H2,1-3H3,(H,13,16). The minimum atomic E-state index is -0.0964. The van der Waals surface area contributed by atoms with Crippen LogP contribution in [0.25, 0.3) is 0 Å². The van der Waals surface area contributed by atoms with Gasteiger partial charge in [-0.05, 0) is 6.92 Å². The van der Waals surface area contributed by atoms with Crippen molar-refractivity contribution in [2.24, 2.45) is 0 Å². The summed E-state index contributed by atoms with van der Waals surface area (Å²) in [5.41, 5.74) is 0.764. The Kier molecular flexibility index (Phi) is 3.65. The third-order valence-corrected chi connectivity index (χ3v) is 4.27. The number of hydrogen-bond donors (Lipinski definition) is 1. The maximum absolute atomic E-state index is 12.3. The van der Waals surface area contributed by atoms with E-state index >= 15 is 0 Å². The van der Waals surface area contributed by atoms with Gasteiger partial charge in [0.15, 0.2) is 0 Å². The number of amides is 2. The third-order valence-electron chi connectivity index (χ3n) is 2.83. The summed E-state index contributed by atoms with van der Waals surface area (Å²) in [5.74, 6) is 0.146. The number of piperazine rings is 1. The van der Waals surface area contributed by atoms with Gasteiger partial charge < -0.3 is 10.2 Å². The van der Waals surface area contributed by atoms with Crippen LogP contribution in [0.3, 0.4) is 0 Å². The molecule has 2 rings (SSSR count). The highest BCUT2D eigenvalue weighted by Crippen LogP contribution is 2.25. The molecule has 0 aliphatic carbocycles. The molecule has 0 saturated carbocycles. The highest BCUT2D eigenvalue weighted by molar-refractivity contribution is 7.13. The van der Waals surface area contributed by atoms with Crippen LogP contribution in [0, 0.1) is 6.92 Å². The van der Waals surface area contributed by atoms with Gasteiger partial charge in [0.2, 0.25) is 5.91 Å². The van der Waals surface area contributed by atoms with Crippen LogP contribution in [-0.4, -0.2) is 41.3 Å². The lowest BCUT2D eigenvalue weighted by Gasteiger charge is -2.26. The molecule has 2 heterocycles. The zero-order valence-electron chi connectivity index (χ0n) is 10.8. The number of aromatic nitrogens is 1. The van der Waals surface area contributed by atoms with Crippen molar-refractivity contribution in [2.75, 3.05) is 19.6 Å². The minimum absolute atomic E-state index is 0.0771. The lowest BCUT2D eigenvalue weighted by molar-refractivity contribution is -0.123. The van der Waals surface area contributed by atoms with E-state index in [2.05, 4.69) is 24.1 Å². The molecule has 0 atom stereocenters. The molecule has 1 aromatic heterocycles. The summed E-state index contributed by atoms with van der Waals surface area (Å²) in [4.78, 5) is 30.3. The van der Waals surface area contributed by atoms with Crippen molar-refractivity contribution < 1.29 is 9.59 Å². The van der Waals surface area contributed by atoms with Gasteiger partial charge in [-0.3, -0.25) is 9.59 Å². The van der Waals surface area contributed by atoms with E-state index in [0.717, 1.165) is 10.7 Å². The molecule has 0 unspecified atom stereocenters. The Hall–Kier alpha value is -1.43. The molecule has 1 N–H and O–H groups in total. The molecular weight excluding hydrogens is 250 g/mol. The molecule has 1 aliphatic rings. The number of carbonyl (C=O) groups excluding carboxylic acids is 2. The molecule has 1 aliphatic heterocycles. The van der Waals surface area contributed by atoms with Gasteiger partial charge in [-0.25, -0.2) is 4.98 Å². The summed E-state index contributed by atoms with van der Waals surface area (Å²) < 4.78 is 0. The monoisotopic (exact) mass is 267 g/mol. The Bertz CT molecular complexity index is 482. The van der Waals surface area contributed by atoms with Crippen molar-refractivity contribution in [3.05, 3.63) is 15.6 Å². The summed E-state index contributed by atoms with van der Waals surface area (Å²) >= 11 is 1.44. The predicted octanol–water partition coefficient (Wildman–Crippen LogP) is 1.15. The van der Waals surface area contributed by atoms with E-state index in [1.807, 2.05) is 6.92 Å². The van der Waals surface area contributed by atoms with E-state index in [4.69, 9.17) is 0 Å². The van der Waals surface area contributed by atoms with Crippen molar-refractivity contribution in [1.82, 2.24) is 15.2 Å². The van der Waals surface area contributed by atoms with E-state index in [1.165, 1.54) is 11.3 Å². The fraction of sp³-hybridized carbons (Fsp3) is 0.583. The van der Waals surface area contributed by atoms with Gasteiger partial charge in [0.25, 0.3) is 5.91 Å². The van der Waals surface area contributed by atoms with Gasteiger partial charge in [0.1, 0.15) is 4.88 Å². The van der Waals surface area contributed by atoms with Crippen LogP contribution >= 0.6 is 11.3 Å². The number of aryl methyl sites for hydroxylation is 1. The van der Waals surface area contributed by atoms with Gasteiger partial charge in [-0.15, -0.1) is 11.3 Å². The number of rotatable bonds is 2. The Labute approximate surface area is 110 Å². The second kappa shape index (κ2) is 5.06. The molecule has 2 amide bonds. The lowest BCUT2D eigenvalue weighted by Crippen LogP contribution is -2.49. The van der Waals surface area contributed by atoms with Crippen molar-refractivity contribution >= 4 is 23.2 Å². The largest absolute Gasteiger partial charge is 0.353 e. The predicted molar refractivity (Wildman–Crippen MR) is 69.9 cm³/mol. The smallest absolute Gasteiger partial charge is 0.266 e. The van der Waals surface area contributed by atoms with Gasteiger partial charge in [0.05, 0.1) is 17.2 Å². The van der Waals surface area contributed by atoms with Crippen LogP contribution in [-0.2, 0) is 4.79 Å². The van der Waals surface area contributed by atoms with Gasteiger partial charge in [0, 0.05) is 19.0 Å². The molecule has 98 valence electrons. The lowest BCUT2D eigenvalue weighted by atomic mass is 10.2. The Morgan fingerprint density at radius 2 is 2.22 bits per heavy atom. The van der Waals surface area contributed by atoms with Crippen LogP contribution in [0.1, 0.15) is 40.1 Å². The van der Waals surface area contributed by atoms with Crippen molar-refractivity contribution in [3.63, 3.8) is 0 Å². The van der Waals surface area contributed by atoms with E-state index in [1.54, 1.807) is 4.90 Å². The molecule has 6 heteroatoms. The first kappa shape index (κ1) is 13.0. The number of carbonyl (C=O) groups is 2. The molecule has 0 spiro atoms. The van der Waals surface area contributed by atoms with Crippen molar-refractivity contribution in [2.45, 2.75) is 26.7 Å². The van der Waals surface area contributed by atoms with Gasteiger partial charge in [-0.1, -0.05) is 13.8 Å². The third kappa shape index (κ3) is 2.53. The summed E-state index contributed by atoms with van der Waals surface area (Å²) in [5, 5.41) is 3.68. The minimum Gasteiger partial charge on any atom is -0.353 e. The molecule has 1 fully saturated rings. The second-order valence-corrected chi connectivity index (χ2v) is 5.73. The first-order valence-corrected chi connectivity index (χ1v) is 6.84. The topological polar surface area (TPSA) is 62.3 Å². The summed E-state index contributed by atoms with van der Waals surface area (Å²) in [6, 6.07) is 0. The van der Waals surface area contributed by atoms with Crippen molar-refractivity contribution in [1.29, 1.82) is 0 Å². The van der Waals surface area contributed by atoms with Gasteiger partial charge in [-0.2, -0.15) is 0 Å². The fourth-order valence-electron chi connectivity index (χ4n) is 1.82. The molecule has 5 nitrogen and oxygen atoms in total. The zero-order valence-corrected chi connectivity index (χ0v) is 11.6. The quantitative estimate of drug-likeness (QED) is 0.874. The van der Waals surface area contributed by atoms with Crippen LogP contribution in [0.15, 0.2) is 0 Å². The molecular formula is C12H17N3O2S. The highest BCUT2D eigenvalue weighted by Gasteiger charge is 2.25. The normalized spacial score (nSPS) is 16.0. The average molecular weight is 267 g/mol. The summed E-state index contributed by atoms with van der Waals surface area (Å²) in [6.45, 7) is 7.20. The van der Waals surface area contributed by atoms with Crippen LogP contribution < -0.4 is 5.32 Å². The maximum Gasteiger partial charge on any atom is 0.266 e. The first-order valence-electron chi connectivity index (χ1n) is 6.02. The van der Waals surface area contributed by atoms with E-state index < -0.39 is 0 Å². The molecule has 0 bridgehead atoms. The van der Waals surface area contributed by atoms with Crippen LogP contribution in [0.2, 0.25) is 0 Å². The number of nitrogens with one attached hydrogen (secondary N) is 1. The van der Waals surface area contributed by atoms with Crippen LogP contribution in [0.5, 0.6) is 0 Å². The summed E-state index contributed by atoms with van der Waals surface area (Å²) in [7, 11) is 0. The number of nitrogens with zero attached hydrogens (tertiary/aromatic N) is 2. The number of thiazole rings is 1. The molecule has 1 aromatic rings. The molecule has 1 saturated heterocycles. The van der Waals surface area contributed by atoms with Crippen molar-refractivity contribution in [3.8, 4) is 0 Å². The second-order valence-electron chi connectivity index (χ2n) is 4.70. The summed E-state index contributed by atoms with van der Waals surface area (Å²) in [6.07, 6.45) is 0. The molecule has 0 aromatic carbocycles. The van der Waals surface area contributed by atoms with Crippen LogP contribution in [0.4, 0.5) is 0 Å². The highest BCUT2D eigenvalue weighted by atomic mass is 32.1.